The number of rotatable bonds is 2. The van der Waals surface area contributed by atoms with Crippen LogP contribution in [0.15, 0.2) is 18.2 Å². The van der Waals surface area contributed by atoms with Gasteiger partial charge in [0, 0.05) is 18.8 Å². The van der Waals surface area contributed by atoms with E-state index in [0.717, 1.165) is 13.1 Å². The zero-order chi connectivity index (χ0) is 9.38. The second-order valence-corrected chi connectivity index (χ2v) is 4.34. The molecule has 0 spiro atoms. The molecular weight excluding hydrogens is 172 g/mol. The monoisotopic (exact) mass is 188 g/mol. The van der Waals surface area contributed by atoms with E-state index in [4.69, 9.17) is 0 Å². The van der Waals surface area contributed by atoms with Gasteiger partial charge in [0.25, 0.3) is 0 Å². The van der Waals surface area contributed by atoms with Gasteiger partial charge in [-0.25, -0.2) is 0 Å². The summed E-state index contributed by atoms with van der Waals surface area (Å²) in [6.07, 6.45) is 3.89. The average Bonchev–Trinajstić information content (AvgIpc) is 2.58. The molecule has 1 aliphatic heterocycles. The predicted molar refractivity (Wildman–Crippen MR) is 58.7 cm³/mol. The fourth-order valence-electron chi connectivity index (χ4n) is 2.29. The Morgan fingerprint density at radius 1 is 1.14 bits per heavy atom. The van der Waals surface area contributed by atoms with Gasteiger partial charge in [0.2, 0.25) is 0 Å². The summed E-state index contributed by atoms with van der Waals surface area (Å²) in [5, 5.41) is 6.82. The largest absolute Gasteiger partial charge is 0.380 e. The molecule has 2 nitrogen and oxygen atoms in total. The smallest absolute Gasteiger partial charge is 0.0510 e. The molecule has 1 aliphatic carbocycles. The van der Waals surface area contributed by atoms with Crippen LogP contribution in [0.5, 0.6) is 0 Å². The maximum absolute atomic E-state index is 3.55. The van der Waals surface area contributed by atoms with Gasteiger partial charge in [0.1, 0.15) is 0 Å². The minimum Gasteiger partial charge on any atom is -0.380 e. The van der Waals surface area contributed by atoms with Crippen LogP contribution < -0.4 is 10.6 Å². The first-order chi connectivity index (χ1) is 6.92. The third kappa shape index (κ3) is 1.40. The molecule has 0 atom stereocenters. The fourth-order valence-corrected chi connectivity index (χ4v) is 2.29. The van der Waals surface area contributed by atoms with Crippen LogP contribution in [0.1, 0.15) is 17.5 Å². The van der Waals surface area contributed by atoms with Crippen LogP contribution >= 0.6 is 0 Å². The van der Waals surface area contributed by atoms with Gasteiger partial charge >= 0.3 is 0 Å². The molecular formula is C12H16N2. The zero-order valence-electron chi connectivity index (χ0n) is 8.34. The van der Waals surface area contributed by atoms with Gasteiger partial charge in [-0.3, -0.25) is 0 Å². The van der Waals surface area contributed by atoms with Crippen LogP contribution in [-0.4, -0.2) is 19.1 Å². The third-order valence-electron chi connectivity index (χ3n) is 3.25. The van der Waals surface area contributed by atoms with Crippen molar-refractivity contribution in [3.8, 4) is 0 Å². The maximum Gasteiger partial charge on any atom is 0.0510 e. The Kier molecular flexibility index (Phi) is 1.95. The van der Waals surface area contributed by atoms with Crippen molar-refractivity contribution in [3.05, 3.63) is 29.3 Å². The van der Waals surface area contributed by atoms with E-state index in [-0.39, 0.29) is 0 Å². The maximum atomic E-state index is 3.55. The van der Waals surface area contributed by atoms with Crippen LogP contribution in [0.2, 0.25) is 0 Å². The predicted octanol–water partition coefficient (Wildman–Crippen LogP) is 1.56. The minimum absolute atomic E-state index is 0.648. The summed E-state index contributed by atoms with van der Waals surface area (Å²) in [6, 6.07) is 7.49. The lowest BCUT2D eigenvalue weighted by molar-refractivity contribution is 0.472. The summed E-state index contributed by atoms with van der Waals surface area (Å²) in [4.78, 5) is 0. The molecule has 1 aromatic rings. The number of benzene rings is 1. The number of hydrogen-bond donors (Lipinski definition) is 2. The summed E-state index contributed by atoms with van der Waals surface area (Å²) in [5.74, 6) is 0. The molecule has 2 N–H and O–H groups in total. The number of fused-ring (bicyclic) bond motifs is 1. The first kappa shape index (κ1) is 8.30. The van der Waals surface area contributed by atoms with Crippen molar-refractivity contribution in [3.63, 3.8) is 0 Å². The van der Waals surface area contributed by atoms with Crippen LogP contribution in [0.4, 0.5) is 5.69 Å². The fraction of sp³-hybridized carbons (Fsp3) is 0.500. The van der Waals surface area contributed by atoms with Crippen molar-refractivity contribution in [1.29, 1.82) is 0 Å². The summed E-state index contributed by atoms with van der Waals surface area (Å²) in [6.45, 7) is 2.22. The molecule has 0 unspecified atom stereocenters. The minimum atomic E-state index is 0.648. The Labute approximate surface area is 84.7 Å². The van der Waals surface area contributed by atoms with Gasteiger partial charge in [0.15, 0.2) is 0 Å². The van der Waals surface area contributed by atoms with E-state index >= 15 is 0 Å². The van der Waals surface area contributed by atoms with E-state index in [2.05, 4.69) is 28.8 Å². The lowest BCUT2D eigenvalue weighted by Crippen LogP contribution is -2.51. The van der Waals surface area contributed by atoms with Gasteiger partial charge in [-0.1, -0.05) is 6.07 Å². The first-order valence-corrected chi connectivity index (χ1v) is 5.51. The molecule has 0 amide bonds. The van der Waals surface area contributed by atoms with Crippen molar-refractivity contribution in [1.82, 2.24) is 5.32 Å². The molecule has 0 radical (unpaired) electrons. The Morgan fingerprint density at radius 2 is 2.00 bits per heavy atom. The molecule has 0 aromatic heterocycles. The highest BCUT2D eigenvalue weighted by Crippen LogP contribution is 2.25. The molecule has 1 saturated heterocycles. The number of hydrogen-bond acceptors (Lipinski definition) is 2. The van der Waals surface area contributed by atoms with E-state index in [1.54, 1.807) is 11.1 Å². The van der Waals surface area contributed by atoms with Crippen LogP contribution in [0, 0.1) is 0 Å². The highest BCUT2D eigenvalue weighted by Gasteiger charge is 2.17. The van der Waals surface area contributed by atoms with Crippen molar-refractivity contribution in [2.24, 2.45) is 0 Å². The summed E-state index contributed by atoms with van der Waals surface area (Å²) < 4.78 is 0. The topological polar surface area (TPSA) is 24.1 Å². The van der Waals surface area contributed by atoms with Crippen molar-refractivity contribution in [2.75, 3.05) is 18.4 Å². The lowest BCUT2D eigenvalue weighted by Gasteiger charge is -2.29. The van der Waals surface area contributed by atoms with Crippen molar-refractivity contribution < 1.29 is 0 Å². The molecule has 1 fully saturated rings. The van der Waals surface area contributed by atoms with E-state index in [1.165, 1.54) is 24.9 Å². The summed E-state index contributed by atoms with van der Waals surface area (Å²) >= 11 is 0. The first-order valence-electron chi connectivity index (χ1n) is 5.51. The van der Waals surface area contributed by atoms with Crippen LogP contribution in [-0.2, 0) is 12.8 Å². The van der Waals surface area contributed by atoms with Crippen molar-refractivity contribution >= 4 is 5.69 Å². The van der Waals surface area contributed by atoms with Gasteiger partial charge in [0.05, 0.1) is 6.04 Å². The molecule has 74 valence electrons. The quantitative estimate of drug-likeness (QED) is 0.736. The van der Waals surface area contributed by atoms with Crippen LogP contribution in [0.25, 0.3) is 0 Å². The van der Waals surface area contributed by atoms with Gasteiger partial charge in [-0.2, -0.15) is 0 Å². The standard InChI is InChI=1S/C12H16N2/c1-2-9-4-5-11(6-10(9)3-1)14-12-7-13-8-12/h4-6,12-14H,1-3,7-8H2. The third-order valence-corrected chi connectivity index (χ3v) is 3.25. The number of anilines is 1. The van der Waals surface area contributed by atoms with Crippen LogP contribution in [0.3, 0.4) is 0 Å². The number of nitrogens with one attached hydrogen (secondary N) is 2. The van der Waals surface area contributed by atoms with E-state index < -0.39 is 0 Å². The second kappa shape index (κ2) is 3.28. The molecule has 1 heterocycles. The Morgan fingerprint density at radius 3 is 2.79 bits per heavy atom. The second-order valence-electron chi connectivity index (χ2n) is 4.34. The van der Waals surface area contributed by atoms with Crippen molar-refractivity contribution in [2.45, 2.75) is 25.3 Å². The average molecular weight is 188 g/mol. The molecule has 0 bridgehead atoms. The SMILES string of the molecule is c1cc2c(cc1NC1CNC1)CCC2. The zero-order valence-corrected chi connectivity index (χ0v) is 8.34. The van der Waals surface area contributed by atoms with Gasteiger partial charge in [-0.15, -0.1) is 0 Å². The van der Waals surface area contributed by atoms with Gasteiger partial charge in [-0.05, 0) is 42.5 Å². The molecule has 2 heteroatoms. The molecule has 0 saturated carbocycles. The normalized spacial score (nSPS) is 20.3. The number of aryl methyl sites for hydroxylation is 2. The Balaban J connectivity index is 1.78. The lowest BCUT2D eigenvalue weighted by atomic mass is 10.1. The van der Waals surface area contributed by atoms with Gasteiger partial charge < -0.3 is 10.6 Å². The summed E-state index contributed by atoms with van der Waals surface area (Å²) in [7, 11) is 0. The van der Waals surface area contributed by atoms with E-state index in [9.17, 15) is 0 Å². The molecule has 14 heavy (non-hydrogen) atoms. The highest BCUT2D eigenvalue weighted by atomic mass is 15.1. The highest BCUT2D eigenvalue weighted by molar-refractivity contribution is 5.51. The Bertz CT molecular complexity index is 342. The van der Waals surface area contributed by atoms with E-state index in [0.29, 0.717) is 6.04 Å². The molecule has 3 rings (SSSR count). The molecule has 1 aromatic carbocycles. The summed E-state index contributed by atoms with van der Waals surface area (Å²) in [5.41, 5.74) is 4.42. The Hall–Kier alpha value is -1.02. The molecule has 2 aliphatic rings. The van der Waals surface area contributed by atoms with E-state index in [1.807, 2.05) is 0 Å².